The molecule has 42 heavy (non-hydrogen) atoms. The van der Waals surface area contributed by atoms with Crippen LogP contribution in [0.15, 0.2) is 33.9 Å². The Kier molecular flexibility index (Phi) is 6.25. The predicted octanol–water partition coefficient (Wildman–Crippen LogP) is -2.57. The van der Waals surface area contributed by atoms with Crippen LogP contribution in [-0.2, 0) is 5.41 Å². The maximum atomic E-state index is 13.5. The highest BCUT2D eigenvalue weighted by molar-refractivity contribution is 5.98. The third kappa shape index (κ3) is 4.25. The number of benzene rings is 1. The molecule has 4 aliphatic heterocycles. The van der Waals surface area contributed by atoms with Gasteiger partial charge >= 0.3 is 5.69 Å². The lowest BCUT2D eigenvalue weighted by Gasteiger charge is -2.49. The van der Waals surface area contributed by atoms with Crippen molar-refractivity contribution >= 4 is 23.7 Å². The lowest BCUT2D eigenvalue weighted by molar-refractivity contribution is 0.00611. The number of aliphatic hydroxyl groups is 1. The smallest absolute Gasteiger partial charge is 0.326 e. The number of ether oxygens (including phenoxy) is 1. The average molecular weight is 581 g/mol. The summed E-state index contributed by atoms with van der Waals surface area (Å²) in [5.41, 5.74) is -2.08. The molecule has 2 aromatic rings. The van der Waals surface area contributed by atoms with Crippen LogP contribution in [0.4, 0.5) is 0 Å². The van der Waals surface area contributed by atoms with Gasteiger partial charge in [-0.15, -0.1) is 0 Å². The van der Waals surface area contributed by atoms with Crippen molar-refractivity contribution < 1.29 is 19.4 Å². The van der Waals surface area contributed by atoms with E-state index in [1.54, 1.807) is 17.0 Å². The van der Waals surface area contributed by atoms with Gasteiger partial charge in [0.1, 0.15) is 17.5 Å². The van der Waals surface area contributed by atoms with Gasteiger partial charge in [-0.3, -0.25) is 30.2 Å². The second-order valence-corrected chi connectivity index (χ2v) is 11.6. The van der Waals surface area contributed by atoms with E-state index in [0.717, 1.165) is 18.1 Å². The van der Waals surface area contributed by atoms with Crippen LogP contribution in [0.5, 0.6) is 5.75 Å². The van der Waals surface area contributed by atoms with Gasteiger partial charge in [-0.05, 0) is 17.9 Å². The highest BCUT2D eigenvalue weighted by Crippen LogP contribution is 2.41. The lowest BCUT2D eigenvalue weighted by atomic mass is 9.79. The van der Waals surface area contributed by atoms with Crippen molar-refractivity contribution in [3.63, 3.8) is 0 Å². The van der Waals surface area contributed by atoms with Crippen molar-refractivity contribution in [1.29, 1.82) is 10.8 Å². The SMILES string of the molecule is CC1(C)CCOc2c(C(=O)NC3CN4C(=N)N[C@@H](CNC(=O)c5cc(=O)[nH]c(=O)[nH]5)C5NC(=N)NC54[C@@H]3O)cccc21. The van der Waals surface area contributed by atoms with Crippen molar-refractivity contribution in [3.8, 4) is 5.75 Å². The number of fused-ring (bicyclic) bond motifs is 1. The minimum absolute atomic E-state index is 0.0612. The molecule has 2 amide bonds. The molecule has 1 aromatic heterocycles. The Morgan fingerprint density at radius 1 is 1.17 bits per heavy atom. The molecule has 4 aliphatic rings. The van der Waals surface area contributed by atoms with E-state index in [4.69, 9.17) is 15.6 Å². The number of hydrogen-bond acceptors (Lipinski definition) is 8. The predicted molar refractivity (Wildman–Crippen MR) is 149 cm³/mol. The molecule has 3 saturated heterocycles. The van der Waals surface area contributed by atoms with Gasteiger partial charge in [0.15, 0.2) is 17.6 Å². The third-order valence-corrected chi connectivity index (χ3v) is 8.52. The van der Waals surface area contributed by atoms with E-state index < -0.39 is 53.0 Å². The minimum atomic E-state index is -1.39. The van der Waals surface area contributed by atoms with E-state index in [0.29, 0.717) is 17.9 Å². The summed E-state index contributed by atoms with van der Waals surface area (Å²) < 4.78 is 5.90. The number of hydrogen-bond donors (Lipinski definition) is 10. The number of nitrogens with zero attached hydrogens (tertiary/aromatic N) is 1. The van der Waals surface area contributed by atoms with Gasteiger partial charge in [0, 0.05) is 24.7 Å². The second-order valence-electron chi connectivity index (χ2n) is 11.6. The summed E-state index contributed by atoms with van der Waals surface area (Å²) in [6.45, 7) is 4.64. The zero-order valence-electron chi connectivity index (χ0n) is 22.9. The standard InChI is InChI=1S/C26H32N10O6/c1-25(2)6-7-42-17-11(4-3-5-12(17)25)20(39)30-15-10-36-23(28)31-14(18-26(36,19(15)38)35-22(27)34-18)9-29-21(40)13-8-16(37)33-24(41)32-13/h3-5,8,14-15,18-19,38H,6-7,9-10H2,1-2H3,(H2,28,31)(H,29,40)(H,30,39)(H3,27,34,35)(H2,32,33,37,41)/t14-,15?,18?,19+,26?/m0/s1. The van der Waals surface area contributed by atoms with E-state index in [9.17, 15) is 24.3 Å². The number of aromatic amines is 2. The number of nitrogens with one attached hydrogen (secondary N) is 9. The fourth-order valence-corrected chi connectivity index (χ4v) is 6.38. The first-order valence-corrected chi connectivity index (χ1v) is 13.5. The molecule has 16 nitrogen and oxygen atoms in total. The van der Waals surface area contributed by atoms with E-state index in [1.807, 2.05) is 11.1 Å². The third-order valence-electron chi connectivity index (χ3n) is 8.52. The Morgan fingerprint density at radius 3 is 2.71 bits per heavy atom. The first kappa shape index (κ1) is 27.3. The summed E-state index contributed by atoms with van der Waals surface area (Å²) in [5.74, 6) is -0.829. The normalized spacial score (nSPS) is 28.7. The van der Waals surface area contributed by atoms with Gasteiger partial charge in [-0.2, -0.15) is 0 Å². The van der Waals surface area contributed by atoms with Gasteiger partial charge in [0.25, 0.3) is 17.4 Å². The van der Waals surface area contributed by atoms with Crippen LogP contribution in [0.25, 0.3) is 0 Å². The summed E-state index contributed by atoms with van der Waals surface area (Å²) in [7, 11) is 0. The molecule has 1 aromatic carbocycles. The van der Waals surface area contributed by atoms with Gasteiger partial charge in [-0.1, -0.05) is 26.0 Å². The molecule has 222 valence electrons. The number of aromatic nitrogens is 2. The van der Waals surface area contributed by atoms with Crippen molar-refractivity contribution in [1.82, 2.24) is 41.5 Å². The number of carbonyl (C=O) groups excluding carboxylic acids is 2. The second kappa shape index (κ2) is 9.61. The average Bonchev–Trinajstić information content (AvgIpc) is 3.42. The zero-order valence-corrected chi connectivity index (χ0v) is 22.9. The largest absolute Gasteiger partial charge is 0.492 e. The number of carbonyl (C=O) groups is 2. The Balaban J connectivity index is 1.22. The topological polar surface area (TPSA) is 240 Å². The van der Waals surface area contributed by atoms with E-state index >= 15 is 0 Å². The van der Waals surface area contributed by atoms with Crippen LogP contribution in [-0.4, -0.2) is 93.3 Å². The molecular formula is C26H32N10O6. The van der Waals surface area contributed by atoms with Crippen LogP contribution in [0.1, 0.15) is 46.7 Å². The van der Waals surface area contributed by atoms with Gasteiger partial charge in [0.2, 0.25) is 0 Å². The number of H-pyrrole nitrogens is 2. The fraction of sp³-hybridized carbons (Fsp3) is 0.462. The van der Waals surface area contributed by atoms with Gasteiger partial charge < -0.3 is 46.3 Å². The molecule has 0 bridgehead atoms. The summed E-state index contributed by atoms with van der Waals surface area (Å²) >= 11 is 0. The Hall–Kier alpha value is -4.86. The molecular weight excluding hydrogens is 548 g/mol. The van der Waals surface area contributed by atoms with E-state index in [-0.39, 0.29) is 36.1 Å². The molecule has 10 N–H and O–H groups in total. The molecule has 6 rings (SSSR count). The van der Waals surface area contributed by atoms with Crippen molar-refractivity contribution in [2.45, 2.75) is 55.6 Å². The van der Waals surface area contributed by atoms with E-state index in [2.05, 4.69) is 45.4 Å². The number of aliphatic hydroxyl groups excluding tert-OH is 1. The first-order valence-electron chi connectivity index (χ1n) is 13.5. The molecule has 0 saturated carbocycles. The zero-order chi connectivity index (χ0) is 30.0. The highest BCUT2D eigenvalue weighted by Gasteiger charge is 2.66. The first-order chi connectivity index (χ1) is 19.9. The summed E-state index contributed by atoms with van der Waals surface area (Å²) in [5, 5.41) is 43.1. The van der Waals surface area contributed by atoms with Crippen molar-refractivity contribution in [3.05, 3.63) is 61.9 Å². The number of amides is 2. The van der Waals surface area contributed by atoms with Crippen LogP contribution >= 0.6 is 0 Å². The van der Waals surface area contributed by atoms with Crippen LogP contribution in [0.3, 0.4) is 0 Å². The molecule has 5 atom stereocenters. The Morgan fingerprint density at radius 2 is 1.95 bits per heavy atom. The van der Waals surface area contributed by atoms with Crippen LogP contribution < -0.4 is 42.6 Å². The maximum Gasteiger partial charge on any atom is 0.326 e. The van der Waals surface area contributed by atoms with Gasteiger partial charge in [0.05, 0.1) is 30.3 Å². The monoisotopic (exact) mass is 580 g/mol. The molecule has 1 spiro atoms. The molecule has 16 heteroatoms. The maximum absolute atomic E-state index is 13.5. The number of guanidine groups is 2. The Bertz CT molecular complexity index is 1590. The molecule has 3 fully saturated rings. The number of para-hydroxylation sites is 1. The van der Waals surface area contributed by atoms with Gasteiger partial charge in [-0.25, -0.2) is 4.79 Å². The summed E-state index contributed by atoms with van der Waals surface area (Å²) in [6, 6.07) is 4.10. The molecule has 0 aliphatic carbocycles. The van der Waals surface area contributed by atoms with Crippen LogP contribution in [0.2, 0.25) is 0 Å². The highest BCUT2D eigenvalue weighted by atomic mass is 16.5. The van der Waals surface area contributed by atoms with Crippen LogP contribution in [0, 0.1) is 10.8 Å². The summed E-state index contributed by atoms with van der Waals surface area (Å²) in [4.78, 5) is 55.1. The Labute approximate surface area is 238 Å². The lowest BCUT2D eigenvalue weighted by Crippen LogP contribution is -2.78. The molecule has 3 unspecified atom stereocenters. The fourth-order valence-electron chi connectivity index (χ4n) is 6.38. The molecule has 0 radical (unpaired) electrons. The van der Waals surface area contributed by atoms with Crippen molar-refractivity contribution in [2.24, 2.45) is 0 Å². The van der Waals surface area contributed by atoms with E-state index in [1.165, 1.54) is 0 Å². The van der Waals surface area contributed by atoms with Crippen molar-refractivity contribution in [2.75, 3.05) is 19.7 Å². The minimum Gasteiger partial charge on any atom is -0.492 e. The molecule has 5 heterocycles. The quantitative estimate of drug-likeness (QED) is 0.177. The number of rotatable bonds is 5. The summed E-state index contributed by atoms with van der Waals surface area (Å²) in [6.07, 6.45) is -0.461.